The molecule has 1 fully saturated rings. The highest BCUT2D eigenvalue weighted by Crippen LogP contribution is 2.22. The van der Waals surface area contributed by atoms with E-state index in [-0.39, 0.29) is 5.02 Å². The van der Waals surface area contributed by atoms with Gasteiger partial charge in [-0.25, -0.2) is 4.39 Å². The minimum atomic E-state index is -0.427. The zero-order chi connectivity index (χ0) is 13.0. The molecule has 0 aliphatic carbocycles. The van der Waals surface area contributed by atoms with Gasteiger partial charge in [-0.2, -0.15) is 0 Å². The van der Waals surface area contributed by atoms with Gasteiger partial charge >= 0.3 is 0 Å². The van der Waals surface area contributed by atoms with Gasteiger partial charge in [0.05, 0.1) is 11.6 Å². The molecule has 1 saturated heterocycles. The zero-order valence-corrected chi connectivity index (χ0v) is 11.4. The molecular formula is C14H19ClFNO. The number of nitrogens with zero attached hydrogens (tertiary/aromatic N) is 1. The molecule has 1 aromatic carbocycles. The molecule has 0 N–H and O–H groups in total. The minimum Gasteiger partial charge on any atom is -0.493 e. The van der Waals surface area contributed by atoms with Crippen molar-refractivity contribution in [2.45, 2.75) is 31.7 Å². The average molecular weight is 272 g/mol. The first-order valence-electron chi connectivity index (χ1n) is 6.45. The maximum atomic E-state index is 13.2. The van der Waals surface area contributed by atoms with Crippen LogP contribution in [0.25, 0.3) is 0 Å². The Morgan fingerprint density at radius 1 is 1.44 bits per heavy atom. The Kier molecular flexibility index (Phi) is 4.84. The fourth-order valence-electron chi connectivity index (χ4n) is 2.39. The smallest absolute Gasteiger partial charge is 0.145 e. The van der Waals surface area contributed by atoms with Crippen LogP contribution in [0.5, 0.6) is 5.75 Å². The topological polar surface area (TPSA) is 12.5 Å². The number of halogens is 2. The van der Waals surface area contributed by atoms with E-state index in [1.165, 1.54) is 37.9 Å². The van der Waals surface area contributed by atoms with Crippen LogP contribution in [0, 0.1) is 5.82 Å². The summed E-state index contributed by atoms with van der Waals surface area (Å²) < 4.78 is 18.8. The SMILES string of the molecule is CN1CCCCC1CCOc1ccc(Cl)c(F)c1. The van der Waals surface area contributed by atoms with Crippen LogP contribution in [0.1, 0.15) is 25.7 Å². The quantitative estimate of drug-likeness (QED) is 0.827. The number of piperidine rings is 1. The minimum absolute atomic E-state index is 0.134. The van der Waals surface area contributed by atoms with E-state index in [2.05, 4.69) is 11.9 Å². The van der Waals surface area contributed by atoms with E-state index in [9.17, 15) is 4.39 Å². The molecule has 1 atom stereocenters. The van der Waals surface area contributed by atoms with Gasteiger partial charge in [0.25, 0.3) is 0 Å². The van der Waals surface area contributed by atoms with Gasteiger partial charge in [-0.15, -0.1) is 0 Å². The Bertz CT molecular complexity index is 399. The second-order valence-electron chi connectivity index (χ2n) is 4.84. The van der Waals surface area contributed by atoms with Crippen molar-refractivity contribution in [3.8, 4) is 5.75 Å². The highest BCUT2D eigenvalue weighted by atomic mass is 35.5. The second-order valence-corrected chi connectivity index (χ2v) is 5.25. The Hall–Kier alpha value is -0.800. The van der Waals surface area contributed by atoms with Gasteiger partial charge < -0.3 is 9.64 Å². The van der Waals surface area contributed by atoms with Gasteiger partial charge in [0.1, 0.15) is 11.6 Å². The lowest BCUT2D eigenvalue weighted by atomic mass is 10.0. The van der Waals surface area contributed by atoms with Crippen molar-refractivity contribution in [2.24, 2.45) is 0 Å². The lowest BCUT2D eigenvalue weighted by Gasteiger charge is -2.32. The first-order chi connectivity index (χ1) is 8.66. The summed E-state index contributed by atoms with van der Waals surface area (Å²) in [6.07, 6.45) is 4.80. The van der Waals surface area contributed by atoms with Crippen LogP contribution in [0.15, 0.2) is 18.2 Å². The van der Waals surface area contributed by atoms with Crippen LogP contribution in [-0.4, -0.2) is 31.1 Å². The van der Waals surface area contributed by atoms with Gasteiger partial charge in [-0.05, 0) is 45.0 Å². The van der Waals surface area contributed by atoms with Crippen LogP contribution < -0.4 is 4.74 Å². The number of hydrogen-bond donors (Lipinski definition) is 0. The zero-order valence-electron chi connectivity index (χ0n) is 10.7. The van der Waals surface area contributed by atoms with Gasteiger partial charge in [0.15, 0.2) is 0 Å². The van der Waals surface area contributed by atoms with Crippen molar-refractivity contribution in [1.29, 1.82) is 0 Å². The van der Waals surface area contributed by atoms with Crippen molar-refractivity contribution in [2.75, 3.05) is 20.2 Å². The number of benzene rings is 1. The van der Waals surface area contributed by atoms with Crippen molar-refractivity contribution in [1.82, 2.24) is 4.90 Å². The molecule has 1 unspecified atom stereocenters. The summed E-state index contributed by atoms with van der Waals surface area (Å²) in [7, 11) is 2.16. The van der Waals surface area contributed by atoms with Crippen molar-refractivity contribution in [3.05, 3.63) is 29.0 Å². The third-order valence-electron chi connectivity index (χ3n) is 3.53. The largest absolute Gasteiger partial charge is 0.493 e. The van der Waals surface area contributed by atoms with Crippen molar-refractivity contribution >= 4 is 11.6 Å². The van der Waals surface area contributed by atoms with Crippen LogP contribution in [0.3, 0.4) is 0 Å². The molecule has 100 valence electrons. The fourth-order valence-corrected chi connectivity index (χ4v) is 2.51. The lowest BCUT2D eigenvalue weighted by Crippen LogP contribution is -2.37. The van der Waals surface area contributed by atoms with Crippen LogP contribution in [0.4, 0.5) is 4.39 Å². The maximum absolute atomic E-state index is 13.2. The van der Waals surface area contributed by atoms with E-state index < -0.39 is 5.82 Å². The molecule has 4 heteroatoms. The first kappa shape index (κ1) is 13.6. The molecule has 1 aliphatic rings. The monoisotopic (exact) mass is 271 g/mol. The van der Waals surface area contributed by atoms with E-state index in [1.54, 1.807) is 6.07 Å². The Morgan fingerprint density at radius 2 is 2.28 bits per heavy atom. The highest BCUT2D eigenvalue weighted by molar-refractivity contribution is 6.30. The van der Waals surface area contributed by atoms with E-state index in [4.69, 9.17) is 16.3 Å². The molecule has 0 aromatic heterocycles. The fraction of sp³-hybridized carbons (Fsp3) is 0.571. The van der Waals surface area contributed by atoms with E-state index >= 15 is 0 Å². The summed E-state index contributed by atoms with van der Waals surface area (Å²) in [4.78, 5) is 2.38. The predicted molar refractivity (Wildman–Crippen MR) is 71.8 cm³/mol. The molecule has 1 heterocycles. The average Bonchev–Trinajstić information content (AvgIpc) is 2.36. The molecule has 0 bridgehead atoms. The van der Waals surface area contributed by atoms with E-state index in [0.717, 1.165) is 6.42 Å². The highest BCUT2D eigenvalue weighted by Gasteiger charge is 2.18. The van der Waals surface area contributed by atoms with Gasteiger partial charge in [0, 0.05) is 12.1 Å². The second kappa shape index (κ2) is 6.39. The summed E-state index contributed by atoms with van der Waals surface area (Å²) in [6.45, 7) is 1.79. The normalized spacial score (nSPS) is 20.9. The van der Waals surface area contributed by atoms with Crippen molar-refractivity contribution in [3.63, 3.8) is 0 Å². The third-order valence-corrected chi connectivity index (χ3v) is 3.84. The predicted octanol–water partition coefficient (Wildman–Crippen LogP) is 3.73. The van der Waals surface area contributed by atoms with Gasteiger partial charge in [0.2, 0.25) is 0 Å². The van der Waals surface area contributed by atoms with Crippen LogP contribution in [-0.2, 0) is 0 Å². The van der Waals surface area contributed by atoms with Gasteiger partial charge in [-0.1, -0.05) is 18.0 Å². The summed E-state index contributed by atoms with van der Waals surface area (Å²) in [5, 5.41) is 0.134. The first-order valence-corrected chi connectivity index (χ1v) is 6.82. The van der Waals surface area contributed by atoms with Crippen LogP contribution >= 0.6 is 11.6 Å². The molecule has 18 heavy (non-hydrogen) atoms. The molecule has 2 rings (SSSR count). The number of likely N-dealkylation sites (tertiary alicyclic amines) is 1. The number of ether oxygens (including phenoxy) is 1. The van der Waals surface area contributed by atoms with Gasteiger partial charge in [-0.3, -0.25) is 0 Å². The standard InChI is InChI=1S/C14H19ClFNO/c1-17-8-3-2-4-11(17)7-9-18-12-5-6-13(15)14(16)10-12/h5-6,10-11H,2-4,7-9H2,1H3. The lowest BCUT2D eigenvalue weighted by molar-refractivity contribution is 0.153. The summed E-state index contributed by atoms with van der Waals surface area (Å²) >= 11 is 5.62. The van der Waals surface area contributed by atoms with Crippen molar-refractivity contribution < 1.29 is 9.13 Å². The molecule has 1 aliphatic heterocycles. The maximum Gasteiger partial charge on any atom is 0.145 e. The summed E-state index contributed by atoms with van der Waals surface area (Å²) in [5.41, 5.74) is 0. The van der Waals surface area contributed by atoms with E-state index in [1.807, 2.05) is 0 Å². The Labute approximate surface area is 113 Å². The van der Waals surface area contributed by atoms with E-state index in [0.29, 0.717) is 18.4 Å². The molecule has 0 saturated carbocycles. The summed E-state index contributed by atoms with van der Waals surface area (Å²) in [6, 6.07) is 5.16. The molecule has 1 aromatic rings. The van der Waals surface area contributed by atoms with Crippen LogP contribution in [0.2, 0.25) is 5.02 Å². The Balaban J connectivity index is 1.79. The summed E-state index contributed by atoms with van der Waals surface area (Å²) in [5.74, 6) is 0.124. The molecular weight excluding hydrogens is 253 g/mol. The number of rotatable bonds is 4. The third kappa shape index (κ3) is 3.59. The Morgan fingerprint density at radius 3 is 3.00 bits per heavy atom. The molecule has 0 amide bonds. The molecule has 0 spiro atoms. The molecule has 0 radical (unpaired) electrons. The molecule has 2 nitrogen and oxygen atoms in total. The number of hydrogen-bond acceptors (Lipinski definition) is 2.